The third kappa shape index (κ3) is 4.93. The van der Waals surface area contributed by atoms with Crippen LogP contribution in [0.15, 0.2) is 40.8 Å². The van der Waals surface area contributed by atoms with E-state index in [9.17, 15) is 9.59 Å². The van der Waals surface area contributed by atoms with E-state index in [0.717, 1.165) is 5.56 Å². The lowest BCUT2D eigenvalue weighted by molar-refractivity contribution is -0.137. The number of carbonyl (C=O) groups excluding carboxylic acids is 1. The van der Waals surface area contributed by atoms with Crippen LogP contribution in [0.1, 0.15) is 35.9 Å². The van der Waals surface area contributed by atoms with E-state index in [2.05, 4.69) is 13.8 Å². The van der Waals surface area contributed by atoms with Crippen molar-refractivity contribution in [3.05, 3.63) is 47.7 Å². The second-order valence-electron chi connectivity index (χ2n) is 6.06. The van der Waals surface area contributed by atoms with Crippen LogP contribution in [0.4, 0.5) is 0 Å². The van der Waals surface area contributed by atoms with E-state index in [0.29, 0.717) is 11.7 Å². The van der Waals surface area contributed by atoms with Crippen LogP contribution < -0.4 is 0 Å². The smallest absolute Gasteiger partial charge is 0.323 e. The molecule has 1 aromatic carbocycles. The summed E-state index contributed by atoms with van der Waals surface area (Å²) in [4.78, 5) is 24.7. The molecule has 6 heteroatoms. The molecule has 2 rings (SSSR count). The molecule has 1 heterocycles. The zero-order valence-corrected chi connectivity index (χ0v) is 14.7. The number of methoxy groups -OCH3 is 1. The van der Waals surface area contributed by atoms with Gasteiger partial charge >= 0.3 is 5.97 Å². The fourth-order valence-electron chi connectivity index (χ4n) is 2.43. The Morgan fingerprint density at radius 1 is 1.24 bits per heavy atom. The number of nitrogens with zero attached hydrogens (tertiary/aromatic N) is 1. The minimum absolute atomic E-state index is 0.113. The topological polar surface area (TPSA) is 80.0 Å². The predicted molar refractivity (Wildman–Crippen MR) is 93.6 cm³/mol. The zero-order chi connectivity index (χ0) is 18.4. The summed E-state index contributed by atoms with van der Waals surface area (Å²) < 4.78 is 10.6. The van der Waals surface area contributed by atoms with Gasteiger partial charge in [-0.15, -0.1) is 0 Å². The summed E-state index contributed by atoms with van der Waals surface area (Å²) in [5.74, 6) is -0.474. The Kier molecular flexibility index (Phi) is 6.36. The highest BCUT2D eigenvalue weighted by Gasteiger charge is 2.21. The molecule has 0 fully saturated rings. The van der Waals surface area contributed by atoms with Gasteiger partial charge in [0.15, 0.2) is 5.76 Å². The number of amides is 1. The van der Waals surface area contributed by atoms with Gasteiger partial charge in [-0.25, -0.2) is 0 Å². The first-order valence-corrected chi connectivity index (χ1v) is 8.12. The van der Waals surface area contributed by atoms with Crippen LogP contribution in [0, 0.1) is 0 Å². The minimum Gasteiger partial charge on any atom is -0.480 e. The van der Waals surface area contributed by atoms with Gasteiger partial charge in [-0.05, 0) is 29.7 Å². The third-order valence-electron chi connectivity index (χ3n) is 3.83. The second kappa shape index (κ2) is 8.48. The van der Waals surface area contributed by atoms with Crippen molar-refractivity contribution in [2.24, 2.45) is 0 Å². The Morgan fingerprint density at radius 3 is 2.64 bits per heavy atom. The summed E-state index contributed by atoms with van der Waals surface area (Å²) in [6, 6.07) is 11.2. The first-order valence-electron chi connectivity index (χ1n) is 8.12. The molecular formula is C19H23NO5. The Hall–Kier alpha value is -2.60. The monoisotopic (exact) mass is 345 g/mol. The van der Waals surface area contributed by atoms with Crippen LogP contribution in [0.5, 0.6) is 0 Å². The number of furan rings is 1. The number of carboxylic acids is 1. The minimum atomic E-state index is -1.08. The molecule has 1 N–H and O–H groups in total. The molecule has 2 aromatic rings. The van der Waals surface area contributed by atoms with Crippen LogP contribution in [0.2, 0.25) is 0 Å². The van der Waals surface area contributed by atoms with Gasteiger partial charge < -0.3 is 19.2 Å². The summed E-state index contributed by atoms with van der Waals surface area (Å²) >= 11 is 0. The normalized spacial score (nSPS) is 10.9. The lowest BCUT2D eigenvalue weighted by Gasteiger charge is -2.18. The molecule has 25 heavy (non-hydrogen) atoms. The predicted octanol–water partition coefficient (Wildman–Crippen LogP) is 3.24. The number of benzene rings is 1. The summed E-state index contributed by atoms with van der Waals surface area (Å²) in [6.07, 6.45) is 0. The molecule has 134 valence electrons. The first kappa shape index (κ1) is 18.7. The molecule has 0 radical (unpaired) electrons. The van der Waals surface area contributed by atoms with E-state index >= 15 is 0 Å². The van der Waals surface area contributed by atoms with E-state index in [1.807, 2.05) is 24.3 Å². The van der Waals surface area contributed by atoms with Crippen LogP contribution in [-0.2, 0) is 9.53 Å². The van der Waals surface area contributed by atoms with Gasteiger partial charge in [0.2, 0.25) is 0 Å². The van der Waals surface area contributed by atoms with Gasteiger partial charge in [0.05, 0.1) is 6.61 Å². The number of carboxylic acid groups (broad SMARTS) is 1. The summed E-state index contributed by atoms with van der Waals surface area (Å²) in [6.45, 7) is 4.25. The molecule has 0 aliphatic rings. The number of hydrogen-bond donors (Lipinski definition) is 1. The van der Waals surface area contributed by atoms with Crippen molar-refractivity contribution in [1.29, 1.82) is 0 Å². The molecule has 0 saturated heterocycles. The largest absolute Gasteiger partial charge is 0.480 e. The van der Waals surface area contributed by atoms with Crippen molar-refractivity contribution in [3.8, 4) is 11.3 Å². The first-order chi connectivity index (χ1) is 11.9. The Morgan fingerprint density at radius 2 is 2.00 bits per heavy atom. The van der Waals surface area contributed by atoms with Gasteiger partial charge in [-0.3, -0.25) is 9.59 Å². The summed E-state index contributed by atoms with van der Waals surface area (Å²) in [5.41, 5.74) is 2.06. The molecular weight excluding hydrogens is 322 g/mol. The fraction of sp³-hybridized carbons (Fsp3) is 0.368. The van der Waals surface area contributed by atoms with Crippen molar-refractivity contribution in [2.45, 2.75) is 19.8 Å². The quantitative estimate of drug-likeness (QED) is 0.794. The van der Waals surface area contributed by atoms with Crippen molar-refractivity contribution in [2.75, 3.05) is 26.8 Å². The van der Waals surface area contributed by atoms with E-state index in [1.165, 1.54) is 17.6 Å². The maximum Gasteiger partial charge on any atom is 0.323 e. The molecule has 0 unspecified atom stereocenters. The number of aliphatic carboxylic acids is 1. The third-order valence-corrected chi connectivity index (χ3v) is 3.83. The van der Waals surface area contributed by atoms with Crippen LogP contribution in [0.3, 0.4) is 0 Å². The SMILES string of the molecule is COCCN(CC(=O)O)C(=O)c1ccc(-c2cccc(C(C)C)c2)o1. The average molecular weight is 345 g/mol. The Bertz CT molecular complexity index is 735. The fourth-order valence-corrected chi connectivity index (χ4v) is 2.43. The molecule has 0 atom stereocenters. The van der Waals surface area contributed by atoms with E-state index in [-0.39, 0.29) is 18.9 Å². The van der Waals surface area contributed by atoms with E-state index in [1.54, 1.807) is 12.1 Å². The number of rotatable bonds is 8. The average Bonchev–Trinajstić information content (AvgIpc) is 3.07. The molecule has 0 aliphatic heterocycles. The van der Waals surface area contributed by atoms with E-state index in [4.69, 9.17) is 14.3 Å². The molecule has 0 saturated carbocycles. The second-order valence-corrected chi connectivity index (χ2v) is 6.06. The van der Waals surface area contributed by atoms with E-state index < -0.39 is 18.4 Å². The highest BCUT2D eigenvalue weighted by atomic mass is 16.5. The molecule has 0 aliphatic carbocycles. The highest BCUT2D eigenvalue weighted by Crippen LogP contribution is 2.26. The lowest BCUT2D eigenvalue weighted by atomic mass is 10.0. The Labute approximate surface area is 147 Å². The van der Waals surface area contributed by atoms with Crippen LogP contribution in [0.25, 0.3) is 11.3 Å². The van der Waals surface area contributed by atoms with Crippen molar-refractivity contribution >= 4 is 11.9 Å². The zero-order valence-electron chi connectivity index (χ0n) is 14.7. The molecule has 0 bridgehead atoms. The number of carbonyl (C=O) groups is 2. The van der Waals surface area contributed by atoms with Gasteiger partial charge in [0.25, 0.3) is 5.91 Å². The van der Waals surface area contributed by atoms with Crippen molar-refractivity contribution in [1.82, 2.24) is 4.90 Å². The molecule has 1 aromatic heterocycles. The van der Waals surface area contributed by atoms with Gasteiger partial charge in [0.1, 0.15) is 12.3 Å². The Balaban J connectivity index is 2.22. The van der Waals surface area contributed by atoms with Gasteiger partial charge in [0, 0.05) is 19.2 Å². The number of ether oxygens (including phenoxy) is 1. The van der Waals surface area contributed by atoms with Crippen LogP contribution in [-0.4, -0.2) is 48.7 Å². The summed E-state index contributed by atoms with van der Waals surface area (Å²) in [5, 5.41) is 8.98. The van der Waals surface area contributed by atoms with Gasteiger partial charge in [-0.1, -0.05) is 32.0 Å². The van der Waals surface area contributed by atoms with Gasteiger partial charge in [-0.2, -0.15) is 0 Å². The highest BCUT2D eigenvalue weighted by molar-refractivity contribution is 5.94. The summed E-state index contributed by atoms with van der Waals surface area (Å²) in [7, 11) is 1.50. The molecule has 0 spiro atoms. The van der Waals surface area contributed by atoms with Crippen molar-refractivity contribution < 1.29 is 23.8 Å². The maximum atomic E-state index is 12.5. The maximum absolute atomic E-state index is 12.5. The standard InChI is InChI=1S/C19H23NO5/c1-13(2)14-5-4-6-15(11-14)16-7-8-17(25-16)19(23)20(9-10-24-3)12-18(21)22/h4-8,11,13H,9-10,12H2,1-3H3,(H,21,22). The van der Waals surface area contributed by atoms with Crippen molar-refractivity contribution in [3.63, 3.8) is 0 Å². The molecule has 1 amide bonds. The lowest BCUT2D eigenvalue weighted by Crippen LogP contribution is -2.37. The van der Waals surface area contributed by atoms with Crippen LogP contribution >= 0.6 is 0 Å². The number of hydrogen-bond acceptors (Lipinski definition) is 4. The molecule has 6 nitrogen and oxygen atoms in total.